The Morgan fingerprint density at radius 1 is 1.31 bits per heavy atom. The molecule has 1 heterocycles. The second-order valence-corrected chi connectivity index (χ2v) is 3.49. The zero-order valence-corrected chi connectivity index (χ0v) is 8.27. The van der Waals surface area contributed by atoms with Crippen LogP contribution in [0.2, 0.25) is 0 Å². The van der Waals surface area contributed by atoms with Crippen LogP contribution in [0.4, 0.5) is 13.2 Å². The smallest absolute Gasteiger partial charge is 0.203 e. The lowest BCUT2D eigenvalue weighted by Crippen LogP contribution is -2.33. The third-order valence-corrected chi connectivity index (χ3v) is 2.44. The fourth-order valence-corrected chi connectivity index (χ4v) is 1.61. The summed E-state index contributed by atoms with van der Waals surface area (Å²) in [6, 6.07) is 0.755. The third-order valence-electron chi connectivity index (χ3n) is 2.44. The Bertz CT molecular complexity index is 406. The van der Waals surface area contributed by atoms with E-state index in [1.165, 1.54) is 0 Å². The Morgan fingerprint density at radius 2 is 2.06 bits per heavy atom. The van der Waals surface area contributed by atoms with Crippen LogP contribution in [0.3, 0.4) is 0 Å². The van der Waals surface area contributed by atoms with Crippen LogP contribution in [0, 0.1) is 17.5 Å². The van der Waals surface area contributed by atoms with Gasteiger partial charge in [-0.15, -0.1) is 0 Å². The number of aromatic hydroxyl groups is 1. The van der Waals surface area contributed by atoms with Crippen molar-refractivity contribution in [1.29, 1.82) is 0 Å². The predicted octanol–water partition coefficient (Wildman–Crippen LogP) is 1.47. The van der Waals surface area contributed by atoms with Gasteiger partial charge in [0, 0.05) is 18.7 Å². The average Bonchev–Trinajstić information content (AvgIpc) is 2.32. The first-order valence-electron chi connectivity index (χ1n) is 4.80. The number of hydrogen-bond acceptors (Lipinski definition) is 3. The van der Waals surface area contributed by atoms with E-state index in [1.807, 2.05) is 0 Å². The minimum absolute atomic E-state index is 0.0800. The van der Waals surface area contributed by atoms with Gasteiger partial charge in [-0.25, -0.2) is 8.78 Å². The molecular formula is C10H10F3NO2. The summed E-state index contributed by atoms with van der Waals surface area (Å²) in [5.41, 5.74) is -0.0800. The molecule has 2 N–H and O–H groups in total. The minimum Gasteiger partial charge on any atom is -0.504 e. The standard InChI is InChI=1S/C10H10F3NO2/c11-6-3-5(7-4-14-1-2-16-7)10(15)9(13)8(6)12/h3,7,14-15H,1-2,4H2. The van der Waals surface area contributed by atoms with Gasteiger partial charge in [-0.3, -0.25) is 0 Å². The molecule has 0 bridgehead atoms. The topological polar surface area (TPSA) is 41.5 Å². The highest BCUT2D eigenvalue weighted by atomic mass is 19.2. The summed E-state index contributed by atoms with van der Waals surface area (Å²) >= 11 is 0. The first kappa shape index (κ1) is 11.2. The van der Waals surface area contributed by atoms with Gasteiger partial charge in [0.05, 0.1) is 12.7 Å². The van der Waals surface area contributed by atoms with Crippen LogP contribution < -0.4 is 5.32 Å². The number of nitrogens with one attached hydrogen (secondary N) is 1. The molecule has 1 fully saturated rings. The number of rotatable bonds is 1. The molecular weight excluding hydrogens is 223 g/mol. The van der Waals surface area contributed by atoms with Gasteiger partial charge < -0.3 is 15.2 Å². The second-order valence-electron chi connectivity index (χ2n) is 3.49. The summed E-state index contributed by atoms with van der Waals surface area (Å²) in [5, 5.41) is 12.3. The van der Waals surface area contributed by atoms with Gasteiger partial charge in [0.2, 0.25) is 5.82 Å². The predicted molar refractivity (Wildman–Crippen MR) is 49.5 cm³/mol. The Labute approximate surface area is 89.8 Å². The van der Waals surface area contributed by atoms with Crippen molar-refractivity contribution in [3.05, 3.63) is 29.1 Å². The lowest BCUT2D eigenvalue weighted by Gasteiger charge is -2.24. The molecule has 0 spiro atoms. The van der Waals surface area contributed by atoms with Crippen LogP contribution in [0.5, 0.6) is 5.75 Å². The van der Waals surface area contributed by atoms with E-state index >= 15 is 0 Å². The number of ether oxygens (including phenoxy) is 1. The van der Waals surface area contributed by atoms with Crippen molar-refractivity contribution in [3.8, 4) is 5.75 Å². The normalized spacial score (nSPS) is 21.1. The minimum atomic E-state index is -1.68. The molecule has 1 aromatic rings. The summed E-state index contributed by atoms with van der Waals surface area (Å²) < 4.78 is 44.0. The molecule has 0 aliphatic carbocycles. The number of morpholine rings is 1. The Balaban J connectivity index is 2.40. The van der Waals surface area contributed by atoms with Gasteiger partial charge in [-0.05, 0) is 6.07 Å². The highest BCUT2D eigenvalue weighted by Gasteiger charge is 2.25. The maximum Gasteiger partial charge on any atom is 0.203 e. The highest BCUT2D eigenvalue weighted by Crippen LogP contribution is 2.32. The van der Waals surface area contributed by atoms with Gasteiger partial charge in [0.25, 0.3) is 0 Å². The number of halogens is 3. The molecule has 0 amide bonds. The van der Waals surface area contributed by atoms with E-state index < -0.39 is 29.3 Å². The summed E-state index contributed by atoms with van der Waals surface area (Å²) in [4.78, 5) is 0. The molecule has 0 aromatic heterocycles. The maximum absolute atomic E-state index is 13.1. The van der Waals surface area contributed by atoms with Crippen LogP contribution in [-0.2, 0) is 4.74 Å². The Kier molecular flexibility index (Phi) is 3.02. The average molecular weight is 233 g/mol. The molecule has 16 heavy (non-hydrogen) atoms. The van der Waals surface area contributed by atoms with E-state index in [1.54, 1.807) is 0 Å². The summed E-state index contributed by atoms with van der Waals surface area (Å²) in [6.45, 7) is 1.31. The summed E-state index contributed by atoms with van der Waals surface area (Å²) in [6.07, 6.45) is -0.668. The molecule has 1 aromatic carbocycles. The van der Waals surface area contributed by atoms with E-state index in [4.69, 9.17) is 4.74 Å². The monoisotopic (exact) mass is 233 g/mol. The van der Waals surface area contributed by atoms with E-state index in [9.17, 15) is 18.3 Å². The molecule has 1 aliphatic rings. The van der Waals surface area contributed by atoms with Crippen molar-refractivity contribution in [3.63, 3.8) is 0 Å². The zero-order valence-electron chi connectivity index (χ0n) is 8.27. The molecule has 0 radical (unpaired) electrons. The lowest BCUT2D eigenvalue weighted by atomic mass is 10.1. The van der Waals surface area contributed by atoms with Crippen LogP contribution in [0.15, 0.2) is 6.07 Å². The molecule has 3 nitrogen and oxygen atoms in total. The van der Waals surface area contributed by atoms with Gasteiger partial charge in [0.1, 0.15) is 0 Å². The van der Waals surface area contributed by atoms with E-state index in [-0.39, 0.29) is 5.56 Å². The molecule has 1 aliphatic heterocycles. The molecule has 1 saturated heterocycles. The summed E-state index contributed by atoms with van der Waals surface area (Å²) in [5.74, 6) is -5.48. The Hall–Kier alpha value is -1.27. The first-order valence-corrected chi connectivity index (χ1v) is 4.80. The molecule has 2 rings (SSSR count). The first-order chi connectivity index (χ1) is 7.61. The maximum atomic E-state index is 13.1. The van der Waals surface area contributed by atoms with Gasteiger partial charge in [-0.2, -0.15) is 4.39 Å². The van der Waals surface area contributed by atoms with E-state index in [0.29, 0.717) is 19.7 Å². The molecule has 88 valence electrons. The van der Waals surface area contributed by atoms with Crippen molar-refractivity contribution in [2.45, 2.75) is 6.10 Å². The highest BCUT2D eigenvalue weighted by molar-refractivity contribution is 5.37. The number of phenolic OH excluding ortho intramolecular Hbond substituents is 1. The molecule has 6 heteroatoms. The van der Waals surface area contributed by atoms with Crippen LogP contribution in [-0.4, -0.2) is 24.8 Å². The lowest BCUT2D eigenvalue weighted by molar-refractivity contribution is 0.0256. The van der Waals surface area contributed by atoms with Crippen molar-refractivity contribution in [1.82, 2.24) is 5.32 Å². The van der Waals surface area contributed by atoms with Crippen molar-refractivity contribution in [2.75, 3.05) is 19.7 Å². The third kappa shape index (κ3) is 1.85. The number of hydrogen-bond donors (Lipinski definition) is 2. The van der Waals surface area contributed by atoms with Crippen molar-refractivity contribution >= 4 is 0 Å². The zero-order chi connectivity index (χ0) is 11.7. The molecule has 1 atom stereocenters. The largest absolute Gasteiger partial charge is 0.504 e. The van der Waals surface area contributed by atoms with Crippen molar-refractivity contribution < 1.29 is 23.0 Å². The van der Waals surface area contributed by atoms with Crippen LogP contribution in [0.25, 0.3) is 0 Å². The van der Waals surface area contributed by atoms with Crippen LogP contribution >= 0.6 is 0 Å². The van der Waals surface area contributed by atoms with Gasteiger partial charge in [-0.1, -0.05) is 0 Å². The van der Waals surface area contributed by atoms with Crippen LogP contribution in [0.1, 0.15) is 11.7 Å². The molecule has 1 unspecified atom stereocenters. The SMILES string of the molecule is Oc1c(C2CNCCO2)cc(F)c(F)c1F. The van der Waals surface area contributed by atoms with E-state index in [2.05, 4.69) is 5.32 Å². The molecule has 0 saturated carbocycles. The summed E-state index contributed by atoms with van der Waals surface area (Å²) in [7, 11) is 0. The van der Waals surface area contributed by atoms with E-state index in [0.717, 1.165) is 6.07 Å². The van der Waals surface area contributed by atoms with Gasteiger partial charge in [0.15, 0.2) is 17.4 Å². The Morgan fingerprint density at radius 3 is 2.69 bits per heavy atom. The van der Waals surface area contributed by atoms with Gasteiger partial charge >= 0.3 is 0 Å². The quantitative estimate of drug-likeness (QED) is 0.722. The number of phenols is 1. The fraction of sp³-hybridized carbons (Fsp3) is 0.400. The van der Waals surface area contributed by atoms with Crippen molar-refractivity contribution in [2.24, 2.45) is 0 Å². The number of benzene rings is 1. The fourth-order valence-electron chi connectivity index (χ4n) is 1.61. The second kappa shape index (κ2) is 4.31.